The second-order valence-electron chi connectivity index (χ2n) is 6.38. The van der Waals surface area contributed by atoms with Crippen LogP contribution in [0.2, 0.25) is 0 Å². The van der Waals surface area contributed by atoms with Crippen molar-refractivity contribution in [3.05, 3.63) is 81.4 Å². The molecule has 2 heterocycles. The van der Waals surface area contributed by atoms with Crippen LogP contribution in [-0.2, 0) is 26.9 Å². The normalized spacial score (nSPS) is 11.0. The van der Waals surface area contributed by atoms with E-state index in [0.717, 1.165) is 12.8 Å². The van der Waals surface area contributed by atoms with Gasteiger partial charge in [-0.05, 0) is 24.3 Å². The summed E-state index contributed by atoms with van der Waals surface area (Å²) in [4.78, 5) is 0. The Morgan fingerprint density at radius 2 is 1.00 bits per heavy atom. The number of aromatic nitrogens is 2. The molecule has 2 aromatic carbocycles. The average Bonchev–Trinajstić information content (AvgIpc) is 3.24. The standard InChI is InChI=1S/C22H22N2S2/c1-23-19(17-9-5-3-6-10-17)15-25-21(23)13-14-22-24(2)20(16-26-22)18-11-7-4-8-12-18/h3-12,15-16H,13-14H2,1-2H3/q+2. The Kier molecular flexibility index (Phi) is 4.96. The van der Waals surface area contributed by atoms with Gasteiger partial charge in [-0.3, -0.25) is 0 Å². The Labute approximate surface area is 162 Å². The van der Waals surface area contributed by atoms with Gasteiger partial charge in [-0.25, -0.2) is 0 Å². The van der Waals surface area contributed by atoms with Crippen LogP contribution < -0.4 is 9.13 Å². The number of nitrogens with zero attached hydrogens (tertiary/aromatic N) is 2. The summed E-state index contributed by atoms with van der Waals surface area (Å²) >= 11 is 3.72. The third kappa shape index (κ3) is 3.35. The topological polar surface area (TPSA) is 7.76 Å². The Morgan fingerprint density at radius 1 is 0.615 bits per heavy atom. The minimum absolute atomic E-state index is 1.07. The first-order valence-corrected chi connectivity index (χ1v) is 10.5. The summed E-state index contributed by atoms with van der Waals surface area (Å²) in [7, 11) is 4.36. The van der Waals surface area contributed by atoms with Gasteiger partial charge in [-0.2, -0.15) is 9.13 Å². The van der Waals surface area contributed by atoms with Crippen molar-refractivity contribution < 1.29 is 9.13 Å². The molecule has 130 valence electrons. The summed E-state index contributed by atoms with van der Waals surface area (Å²) in [5, 5.41) is 7.38. The van der Waals surface area contributed by atoms with E-state index in [-0.39, 0.29) is 0 Å². The van der Waals surface area contributed by atoms with Gasteiger partial charge in [0.15, 0.2) is 0 Å². The SMILES string of the molecule is C[n+]1c(-c2ccccc2)csc1CCc1scc(-c2ccccc2)[n+]1C. The summed E-state index contributed by atoms with van der Waals surface area (Å²) < 4.78 is 4.68. The lowest BCUT2D eigenvalue weighted by molar-refractivity contribution is -0.667. The predicted octanol–water partition coefficient (Wildman–Crippen LogP) is 4.58. The van der Waals surface area contributed by atoms with E-state index in [2.05, 4.69) is 94.7 Å². The van der Waals surface area contributed by atoms with E-state index >= 15 is 0 Å². The molecule has 0 bridgehead atoms. The van der Waals surface area contributed by atoms with Crippen molar-refractivity contribution in [2.75, 3.05) is 0 Å². The van der Waals surface area contributed by atoms with Gasteiger partial charge in [0, 0.05) is 11.1 Å². The van der Waals surface area contributed by atoms with Gasteiger partial charge in [0.25, 0.3) is 0 Å². The number of hydrogen-bond acceptors (Lipinski definition) is 2. The molecule has 26 heavy (non-hydrogen) atoms. The first kappa shape index (κ1) is 17.1. The molecule has 0 spiro atoms. The number of hydrogen-bond donors (Lipinski definition) is 0. The molecule has 4 heteroatoms. The van der Waals surface area contributed by atoms with Gasteiger partial charge in [-0.15, -0.1) is 0 Å². The molecule has 2 nitrogen and oxygen atoms in total. The molecule has 0 aliphatic heterocycles. The fourth-order valence-electron chi connectivity index (χ4n) is 3.24. The maximum atomic E-state index is 2.34. The molecule has 2 aromatic heterocycles. The lowest BCUT2D eigenvalue weighted by Crippen LogP contribution is -2.35. The molecule has 0 fully saturated rings. The van der Waals surface area contributed by atoms with Crippen LogP contribution in [0.1, 0.15) is 10.0 Å². The Hall–Kier alpha value is -2.30. The highest BCUT2D eigenvalue weighted by Gasteiger charge is 2.22. The minimum atomic E-state index is 1.07. The van der Waals surface area contributed by atoms with Crippen molar-refractivity contribution in [2.24, 2.45) is 14.1 Å². The highest BCUT2D eigenvalue weighted by Crippen LogP contribution is 2.23. The molecule has 0 saturated heterocycles. The Bertz CT molecular complexity index is 918. The number of thiazole rings is 2. The van der Waals surface area contributed by atoms with Crippen molar-refractivity contribution in [3.63, 3.8) is 0 Å². The van der Waals surface area contributed by atoms with Crippen LogP contribution >= 0.6 is 22.7 Å². The van der Waals surface area contributed by atoms with Crippen molar-refractivity contribution in [1.29, 1.82) is 0 Å². The largest absolute Gasteiger partial charge is 0.238 e. The van der Waals surface area contributed by atoms with E-state index in [1.807, 2.05) is 22.7 Å². The van der Waals surface area contributed by atoms with Crippen LogP contribution in [0.25, 0.3) is 22.5 Å². The summed E-state index contributed by atoms with van der Waals surface area (Å²) in [5.74, 6) is 0. The van der Waals surface area contributed by atoms with Crippen molar-refractivity contribution in [2.45, 2.75) is 12.8 Å². The Balaban J connectivity index is 1.52. The Morgan fingerprint density at radius 3 is 1.38 bits per heavy atom. The van der Waals surface area contributed by atoms with Gasteiger partial charge in [0.1, 0.15) is 14.1 Å². The van der Waals surface area contributed by atoms with Crippen LogP contribution in [0.4, 0.5) is 0 Å². The van der Waals surface area contributed by atoms with Crippen LogP contribution in [-0.4, -0.2) is 0 Å². The van der Waals surface area contributed by atoms with Crippen LogP contribution in [0, 0.1) is 0 Å². The van der Waals surface area contributed by atoms with Crippen LogP contribution in [0.3, 0.4) is 0 Å². The summed E-state index contributed by atoms with van der Waals surface area (Å²) in [5.41, 5.74) is 5.16. The zero-order chi connectivity index (χ0) is 17.9. The van der Waals surface area contributed by atoms with Crippen molar-refractivity contribution in [1.82, 2.24) is 0 Å². The molecule has 4 aromatic rings. The molecule has 0 saturated carbocycles. The number of aryl methyl sites for hydroxylation is 2. The quantitative estimate of drug-likeness (QED) is 0.449. The van der Waals surface area contributed by atoms with Gasteiger partial charge in [-0.1, -0.05) is 59.1 Å². The lowest BCUT2D eigenvalue weighted by Gasteiger charge is -1.98. The maximum absolute atomic E-state index is 2.34. The fourth-order valence-corrected chi connectivity index (χ4v) is 5.28. The van der Waals surface area contributed by atoms with Crippen molar-refractivity contribution in [3.8, 4) is 22.5 Å². The van der Waals surface area contributed by atoms with E-state index in [0.29, 0.717) is 0 Å². The molecular weight excluding hydrogens is 356 g/mol. The second-order valence-corrected chi connectivity index (χ2v) is 8.26. The van der Waals surface area contributed by atoms with Gasteiger partial charge in [0.2, 0.25) is 21.4 Å². The second kappa shape index (κ2) is 7.52. The molecule has 0 atom stereocenters. The molecule has 0 aliphatic carbocycles. The molecule has 0 unspecified atom stereocenters. The zero-order valence-electron chi connectivity index (χ0n) is 15.1. The molecule has 0 radical (unpaired) electrons. The highest BCUT2D eigenvalue weighted by molar-refractivity contribution is 7.10. The third-order valence-corrected chi connectivity index (χ3v) is 6.96. The number of benzene rings is 2. The van der Waals surface area contributed by atoms with Gasteiger partial charge in [0.05, 0.1) is 23.6 Å². The van der Waals surface area contributed by atoms with Crippen LogP contribution in [0.5, 0.6) is 0 Å². The first-order chi connectivity index (χ1) is 12.7. The smallest absolute Gasteiger partial charge is 0.189 e. The van der Waals surface area contributed by atoms with Crippen LogP contribution in [0.15, 0.2) is 71.4 Å². The van der Waals surface area contributed by atoms with Gasteiger partial charge < -0.3 is 0 Å². The first-order valence-electron chi connectivity index (χ1n) is 8.77. The molecular formula is C22H22N2S2+2. The monoisotopic (exact) mass is 378 g/mol. The molecule has 0 amide bonds. The summed E-state index contributed by atoms with van der Waals surface area (Å²) in [6.07, 6.45) is 2.13. The van der Waals surface area contributed by atoms with E-state index in [9.17, 15) is 0 Å². The maximum Gasteiger partial charge on any atom is 0.238 e. The van der Waals surface area contributed by atoms with E-state index < -0.39 is 0 Å². The van der Waals surface area contributed by atoms with E-state index in [1.165, 1.54) is 32.5 Å². The number of rotatable bonds is 5. The minimum Gasteiger partial charge on any atom is -0.189 e. The fraction of sp³-hybridized carbons (Fsp3) is 0.182. The molecule has 0 aliphatic rings. The van der Waals surface area contributed by atoms with E-state index in [4.69, 9.17) is 0 Å². The third-order valence-electron chi connectivity index (χ3n) is 4.78. The average molecular weight is 379 g/mol. The lowest BCUT2D eigenvalue weighted by atomic mass is 10.2. The summed E-state index contributed by atoms with van der Waals surface area (Å²) in [6, 6.07) is 21.2. The zero-order valence-corrected chi connectivity index (χ0v) is 16.7. The predicted molar refractivity (Wildman–Crippen MR) is 109 cm³/mol. The molecule has 4 rings (SSSR count). The highest BCUT2D eigenvalue weighted by atomic mass is 32.1. The van der Waals surface area contributed by atoms with Gasteiger partial charge >= 0.3 is 0 Å². The summed E-state index contributed by atoms with van der Waals surface area (Å²) in [6.45, 7) is 0. The van der Waals surface area contributed by atoms with E-state index in [1.54, 1.807) is 0 Å². The van der Waals surface area contributed by atoms with Crippen molar-refractivity contribution >= 4 is 22.7 Å². The molecule has 0 N–H and O–H groups in total.